The van der Waals surface area contributed by atoms with E-state index in [0.29, 0.717) is 6.54 Å². The van der Waals surface area contributed by atoms with E-state index < -0.39 is 0 Å². The zero-order valence-electron chi connectivity index (χ0n) is 9.19. The number of hydrogen-bond donors (Lipinski definition) is 2. The lowest BCUT2D eigenvalue weighted by atomic mass is 10.3. The summed E-state index contributed by atoms with van der Waals surface area (Å²) in [6, 6.07) is 0. The first-order valence-electron chi connectivity index (χ1n) is 5.31. The van der Waals surface area contributed by atoms with Crippen LogP contribution in [-0.4, -0.2) is 28.0 Å². The minimum Gasteiger partial charge on any atom is -0.394 e. The molecule has 0 aliphatic carbocycles. The second-order valence-corrected chi connectivity index (χ2v) is 3.37. The molecule has 0 spiro atoms. The Morgan fingerprint density at radius 1 is 1.60 bits per heavy atom. The largest absolute Gasteiger partial charge is 0.394 e. The van der Waals surface area contributed by atoms with Gasteiger partial charge in [0.25, 0.3) is 0 Å². The molecule has 1 aromatic rings. The highest BCUT2D eigenvalue weighted by molar-refractivity contribution is 5.03. The number of allylic oxidation sites excluding steroid dienone is 1. The van der Waals surface area contributed by atoms with Crippen LogP contribution >= 0.6 is 0 Å². The summed E-state index contributed by atoms with van der Waals surface area (Å²) in [4.78, 5) is 0. The van der Waals surface area contributed by atoms with Gasteiger partial charge in [-0.05, 0) is 19.9 Å². The first-order chi connectivity index (χ1) is 7.36. The van der Waals surface area contributed by atoms with Crippen molar-refractivity contribution in [2.45, 2.75) is 26.4 Å². The Morgan fingerprint density at radius 3 is 3.20 bits per heavy atom. The van der Waals surface area contributed by atoms with Crippen LogP contribution in [0.2, 0.25) is 0 Å². The Hall–Kier alpha value is -1.13. The number of aliphatic hydroxyl groups excluding tert-OH is 1. The fourth-order valence-corrected chi connectivity index (χ4v) is 1.31. The van der Waals surface area contributed by atoms with Crippen molar-refractivity contribution in [3.63, 3.8) is 0 Å². The van der Waals surface area contributed by atoms with Gasteiger partial charge in [-0.25, -0.2) is 0 Å². The van der Waals surface area contributed by atoms with Crippen molar-refractivity contribution in [2.24, 2.45) is 0 Å². The maximum absolute atomic E-state index is 8.72. The normalized spacial score (nSPS) is 11.3. The van der Waals surface area contributed by atoms with Gasteiger partial charge in [0.2, 0.25) is 0 Å². The molecule has 0 fully saturated rings. The summed E-state index contributed by atoms with van der Waals surface area (Å²) in [6.07, 6.45) is 9.04. The number of nitrogens with zero attached hydrogens (tertiary/aromatic N) is 2. The van der Waals surface area contributed by atoms with Gasteiger partial charge in [0.15, 0.2) is 0 Å². The molecule has 4 nitrogen and oxygen atoms in total. The summed E-state index contributed by atoms with van der Waals surface area (Å²) < 4.78 is 1.75. The van der Waals surface area contributed by atoms with E-state index in [-0.39, 0.29) is 6.61 Å². The van der Waals surface area contributed by atoms with E-state index in [2.05, 4.69) is 22.6 Å². The summed E-state index contributed by atoms with van der Waals surface area (Å²) in [5.41, 5.74) is 1.16. The third kappa shape index (κ3) is 4.76. The van der Waals surface area contributed by atoms with E-state index in [9.17, 15) is 0 Å². The molecule has 0 saturated carbocycles. The number of aliphatic hydroxyl groups is 1. The highest BCUT2D eigenvalue weighted by Crippen LogP contribution is 1.96. The minimum atomic E-state index is 0.135. The third-order valence-corrected chi connectivity index (χ3v) is 2.07. The van der Waals surface area contributed by atoms with Crippen LogP contribution in [-0.2, 0) is 13.1 Å². The molecule has 0 radical (unpaired) electrons. The van der Waals surface area contributed by atoms with Crippen molar-refractivity contribution < 1.29 is 5.11 Å². The Kier molecular flexibility index (Phi) is 5.73. The van der Waals surface area contributed by atoms with E-state index in [1.807, 2.05) is 19.3 Å². The Balaban J connectivity index is 2.19. The van der Waals surface area contributed by atoms with Crippen molar-refractivity contribution in [3.05, 3.63) is 30.1 Å². The summed E-state index contributed by atoms with van der Waals surface area (Å²) in [5, 5.41) is 16.2. The van der Waals surface area contributed by atoms with Crippen molar-refractivity contribution in [3.8, 4) is 0 Å². The molecule has 0 unspecified atom stereocenters. The molecule has 0 saturated heterocycles. The summed E-state index contributed by atoms with van der Waals surface area (Å²) in [6.45, 7) is 4.55. The quantitative estimate of drug-likeness (QED) is 0.519. The van der Waals surface area contributed by atoms with Crippen LogP contribution < -0.4 is 5.32 Å². The van der Waals surface area contributed by atoms with Gasteiger partial charge in [-0.3, -0.25) is 4.68 Å². The highest BCUT2D eigenvalue weighted by atomic mass is 16.3. The maximum Gasteiger partial charge on any atom is 0.0640 e. The standard InChI is InChI=1S/C11H19N3O/c1-2-3-4-5-12-8-11-9-13-14(10-11)6-7-15/h2-3,9-10,12,15H,4-8H2,1H3/b3-2+. The molecule has 0 bridgehead atoms. The first kappa shape index (κ1) is 11.9. The van der Waals surface area contributed by atoms with Crippen molar-refractivity contribution in [1.29, 1.82) is 0 Å². The fraction of sp³-hybridized carbons (Fsp3) is 0.545. The van der Waals surface area contributed by atoms with Crippen LogP contribution in [0.4, 0.5) is 0 Å². The zero-order chi connectivity index (χ0) is 10.9. The van der Waals surface area contributed by atoms with Crippen molar-refractivity contribution in [2.75, 3.05) is 13.2 Å². The number of aromatic nitrogens is 2. The molecule has 1 aromatic heterocycles. The van der Waals surface area contributed by atoms with Gasteiger partial charge in [0.05, 0.1) is 19.3 Å². The lowest BCUT2D eigenvalue weighted by Gasteiger charge is -1.99. The average Bonchev–Trinajstić information content (AvgIpc) is 2.66. The van der Waals surface area contributed by atoms with Crippen LogP contribution in [0.15, 0.2) is 24.5 Å². The Bertz CT molecular complexity index is 294. The van der Waals surface area contributed by atoms with Crippen LogP contribution in [0.25, 0.3) is 0 Å². The predicted molar refractivity (Wildman–Crippen MR) is 60.5 cm³/mol. The first-order valence-corrected chi connectivity index (χ1v) is 5.31. The van der Waals surface area contributed by atoms with Gasteiger partial charge < -0.3 is 10.4 Å². The van der Waals surface area contributed by atoms with Crippen LogP contribution in [0.3, 0.4) is 0 Å². The van der Waals surface area contributed by atoms with E-state index in [0.717, 1.165) is 25.1 Å². The van der Waals surface area contributed by atoms with Gasteiger partial charge in [-0.15, -0.1) is 0 Å². The number of hydrogen-bond acceptors (Lipinski definition) is 3. The van der Waals surface area contributed by atoms with E-state index in [1.165, 1.54) is 0 Å². The van der Waals surface area contributed by atoms with Gasteiger partial charge in [-0.1, -0.05) is 12.2 Å². The molecule has 1 heterocycles. The molecule has 0 aliphatic rings. The van der Waals surface area contributed by atoms with E-state index in [4.69, 9.17) is 5.11 Å². The zero-order valence-corrected chi connectivity index (χ0v) is 9.19. The monoisotopic (exact) mass is 209 g/mol. The topological polar surface area (TPSA) is 50.1 Å². The summed E-state index contributed by atoms with van der Waals surface area (Å²) in [5.74, 6) is 0. The van der Waals surface area contributed by atoms with Crippen molar-refractivity contribution in [1.82, 2.24) is 15.1 Å². The smallest absolute Gasteiger partial charge is 0.0640 e. The molecule has 1 rings (SSSR count). The van der Waals surface area contributed by atoms with E-state index >= 15 is 0 Å². The average molecular weight is 209 g/mol. The minimum absolute atomic E-state index is 0.135. The van der Waals surface area contributed by atoms with Crippen LogP contribution in [0, 0.1) is 0 Å². The maximum atomic E-state index is 8.72. The molecule has 4 heteroatoms. The van der Waals surface area contributed by atoms with Crippen molar-refractivity contribution >= 4 is 0 Å². The molecule has 0 aromatic carbocycles. The number of nitrogens with one attached hydrogen (secondary N) is 1. The van der Waals surface area contributed by atoms with Crippen LogP contribution in [0.1, 0.15) is 18.9 Å². The van der Waals surface area contributed by atoms with E-state index in [1.54, 1.807) is 4.68 Å². The molecule has 0 amide bonds. The number of rotatable bonds is 7. The SMILES string of the molecule is C/C=C/CCNCc1cnn(CCO)c1. The molecule has 0 aliphatic heterocycles. The second-order valence-electron chi connectivity index (χ2n) is 3.37. The summed E-state index contributed by atoms with van der Waals surface area (Å²) in [7, 11) is 0. The Labute approximate surface area is 90.6 Å². The van der Waals surface area contributed by atoms with Crippen LogP contribution in [0.5, 0.6) is 0 Å². The summed E-state index contributed by atoms with van der Waals surface area (Å²) >= 11 is 0. The Morgan fingerprint density at radius 2 is 2.47 bits per heavy atom. The predicted octanol–water partition coefficient (Wildman–Crippen LogP) is 0.931. The van der Waals surface area contributed by atoms with Gasteiger partial charge >= 0.3 is 0 Å². The third-order valence-electron chi connectivity index (χ3n) is 2.07. The molecule has 0 atom stereocenters. The lowest BCUT2D eigenvalue weighted by molar-refractivity contribution is 0.269. The highest BCUT2D eigenvalue weighted by Gasteiger charge is 1.96. The molecule has 15 heavy (non-hydrogen) atoms. The molecular weight excluding hydrogens is 190 g/mol. The van der Waals surface area contributed by atoms with Gasteiger partial charge in [0, 0.05) is 18.3 Å². The van der Waals surface area contributed by atoms with Gasteiger partial charge in [0.1, 0.15) is 0 Å². The molecule has 84 valence electrons. The molecular formula is C11H19N3O. The lowest BCUT2D eigenvalue weighted by Crippen LogP contribution is -2.13. The molecule has 2 N–H and O–H groups in total. The second kappa shape index (κ2) is 7.20. The fourth-order valence-electron chi connectivity index (χ4n) is 1.31. The van der Waals surface area contributed by atoms with Gasteiger partial charge in [-0.2, -0.15) is 5.10 Å².